The third-order valence-corrected chi connectivity index (χ3v) is 17.3. The average Bonchev–Trinajstić information content (AvgIpc) is 3.12. The van der Waals surface area contributed by atoms with E-state index in [1.807, 2.05) is 0 Å². The summed E-state index contributed by atoms with van der Waals surface area (Å²) in [6, 6.07) is 5.07. The van der Waals surface area contributed by atoms with Gasteiger partial charge < -0.3 is 4.43 Å². The van der Waals surface area contributed by atoms with Gasteiger partial charge in [-0.3, -0.25) is 0 Å². The molecule has 186 valence electrons. The van der Waals surface area contributed by atoms with Gasteiger partial charge in [0.15, 0.2) is 0 Å². The van der Waals surface area contributed by atoms with Gasteiger partial charge in [-0.1, -0.05) is 83.8 Å². The molecule has 5 atom stereocenters. The molecule has 3 aliphatic rings. The Hall–Kier alpha value is -0.283. The second-order valence-corrected chi connectivity index (χ2v) is 18.8. The minimum absolute atomic E-state index is 0.603. The zero-order chi connectivity index (χ0) is 24.1. The quantitative estimate of drug-likeness (QED) is 0.250. The molecular formula is C30H49BrOSi. The van der Waals surface area contributed by atoms with Gasteiger partial charge in [-0.05, 0) is 101 Å². The van der Waals surface area contributed by atoms with Crippen LogP contribution in [0.5, 0.6) is 5.75 Å². The van der Waals surface area contributed by atoms with E-state index in [0.717, 1.165) is 29.0 Å². The number of aryl methyl sites for hydroxylation is 1. The maximum absolute atomic E-state index is 7.23. The first kappa shape index (κ1) is 25.8. The van der Waals surface area contributed by atoms with Crippen LogP contribution in [-0.4, -0.2) is 8.32 Å². The van der Waals surface area contributed by atoms with Crippen molar-refractivity contribution in [1.29, 1.82) is 0 Å². The van der Waals surface area contributed by atoms with Crippen molar-refractivity contribution < 1.29 is 4.43 Å². The zero-order valence-electron chi connectivity index (χ0n) is 22.6. The summed E-state index contributed by atoms with van der Waals surface area (Å²) in [6.45, 7) is 19.5. The minimum atomic E-state index is -1.96. The van der Waals surface area contributed by atoms with Crippen LogP contribution in [0.1, 0.15) is 117 Å². The van der Waals surface area contributed by atoms with Crippen LogP contribution in [0.2, 0.25) is 16.6 Å². The van der Waals surface area contributed by atoms with Gasteiger partial charge in [-0.25, -0.2) is 0 Å². The van der Waals surface area contributed by atoms with Crippen LogP contribution >= 0.6 is 15.9 Å². The molecule has 4 rings (SSSR count). The van der Waals surface area contributed by atoms with E-state index in [1.54, 1.807) is 11.1 Å². The lowest BCUT2D eigenvalue weighted by atomic mass is 9.54. The summed E-state index contributed by atoms with van der Waals surface area (Å²) in [4.78, 5) is 0. The van der Waals surface area contributed by atoms with E-state index in [0.29, 0.717) is 22.0 Å². The number of rotatable bonds is 7. The fourth-order valence-electron chi connectivity index (χ4n) is 9.17. The van der Waals surface area contributed by atoms with E-state index in [-0.39, 0.29) is 0 Å². The summed E-state index contributed by atoms with van der Waals surface area (Å²) in [5, 5.41) is 0.894. The Kier molecular flexibility index (Phi) is 7.54. The van der Waals surface area contributed by atoms with Gasteiger partial charge in [0, 0.05) is 10.9 Å². The van der Waals surface area contributed by atoms with E-state index < -0.39 is 8.32 Å². The Labute approximate surface area is 214 Å². The van der Waals surface area contributed by atoms with E-state index in [2.05, 4.69) is 83.5 Å². The number of hydrogen-bond donors (Lipinski definition) is 0. The predicted octanol–water partition coefficient (Wildman–Crippen LogP) is 10.0. The highest BCUT2D eigenvalue weighted by Crippen LogP contribution is 2.63. The molecule has 0 amide bonds. The Morgan fingerprint density at radius 1 is 1.00 bits per heavy atom. The number of fused-ring (bicyclic) bond motifs is 5. The largest absolute Gasteiger partial charge is 0.542 e. The molecule has 0 unspecified atom stereocenters. The summed E-state index contributed by atoms with van der Waals surface area (Å²) in [5.41, 5.74) is 7.08. The maximum atomic E-state index is 7.23. The van der Waals surface area contributed by atoms with Crippen LogP contribution in [0, 0.1) is 23.2 Å². The Morgan fingerprint density at radius 3 is 2.24 bits per heavy atom. The zero-order valence-corrected chi connectivity index (χ0v) is 25.2. The van der Waals surface area contributed by atoms with Gasteiger partial charge in [-0.15, -0.1) is 0 Å². The van der Waals surface area contributed by atoms with Crippen molar-refractivity contribution in [3.05, 3.63) is 28.8 Å². The van der Waals surface area contributed by atoms with Gasteiger partial charge in [-0.2, -0.15) is 0 Å². The molecule has 1 nitrogen and oxygen atoms in total. The third-order valence-electron chi connectivity index (χ3n) is 10.7. The highest BCUT2D eigenvalue weighted by atomic mass is 79.9. The van der Waals surface area contributed by atoms with Crippen molar-refractivity contribution in [2.45, 2.75) is 128 Å². The van der Waals surface area contributed by atoms with Crippen molar-refractivity contribution in [2.24, 2.45) is 23.2 Å². The van der Waals surface area contributed by atoms with Crippen LogP contribution in [0.25, 0.3) is 0 Å². The van der Waals surface area contributed by atoms with E-state index in [1.165, 1.54) is 56.3 Å². The van der Waals surface area contributed by atoms with Crippen LogP contribution in [0.3, 0.4) is 0 Å². The van der Waals surface area contributed by atoms with Crippen molar-refractivity contribution in [1.82, 2.24) is 0 Å². The second-order valence-electron chi connectivity index (χ2n) is 12.9. The molecule has 1 aromatic rings. The average molecular weight is 534 g/mol. The lowest BCUT2D eigenvalue weighted by Crippen LogP contribution is -2.51. The molecule has 1 aromatic carbocycles. The standard InChI is InChI=1S/C30H49BrOSi/c1-9-24-11-13-28-26-12-10-22-17-29(32-33(19(2)3,20(4)5)21(6)7)23(18-31)16-27(22)25(26)14-15-30(24,28)8/h16-17,19-21,24-26,28H,9-15,18H2,1-8H3/t24-,25-,26+,28-,30+/m0/s1. The number of halogens is 1. The first-order valence-corrected chi connectivity index (χ1v) is 17.3. The summed E-state index contributed by atoms with van der Waals surface area (Å²) in [6.07, 6.45) is 9.79. The number of hydrogen-bond acceptors (Lipinski definition) is 1. The Bertz CT molecular complexity index is 824. The normalized spacial score (nSPS) is 31.6. The van der Waals surface area contributed by atoms with Gasteiger partial charge >= 0.3 is 0 Å². The number of alkyl halides is 1. The molecular weight excluding hydrogens is 484 g/mol. The summed E-state index contributed by atoms with van der Waals surface area (Å²) >= 11 is 3.85. The molecule has 2 saturated carbocycles. The SMILES string of the molecule is CC[C@H]1CC[C@H]2[C@@H]3CCc4cc(O[Si](C(C)C)(C(C)C)C(C)C)c(CBr)cc4[C@H]3CC[C@]12C. The summed E-state index contributed by atoms with van der Waals surface area (Å²) in [7, 11) is -1.96. The fraction of sp³-hybridized carbons (Fsp3) is 0.800. The van der Waals surface area contributed by atoms with Gasteiger partial charge in [0.05, 0.1) is 0 Å². The van der Waals surface area contributed by atoms with Gasteiger partial charge in [0.25, 0.3) is 8.32 Å². The van der Waals surface area contributed by atoms with E-state index in [4.69, 9.17) is 4.43 Å². The maximum Gasteiger partial charge on any atom is 0.258 e. The molecule has 0 spiro atoms. The highest BCUT2D eigenvalue weighted by Gasteiger charge is 2.54. The smallest absolute Gasteiger partial charge is 0.258 e. The molecule has 0 bridgehead atoms. The van der Waals surface area contributed by atoms with Crippen LogP contribution in [-0.2, 0) is 11.8 Å². The summed E-state index contributed by atoms with van der Waals surface area (Å²) < 4.78 is 7.23. The van der Waals surface area contributed by atoms with Crippen molar-refractivity contribution in [2.75, 3.05) is 0 Å². The molecule has 0 aromatic heterocycles. The molecule has 3 heteroatoms. The van der Waals surface area contributed by atoms with Crippen LogP contribution in [0.4, 0.5) is 0 Å². The minimum Gasteiger partial charge on any atom is -0.542 e. The predicted molar refractivity (Wildman–Crippen MR) is 149 cm³/mol. The molecule has 2 fully saturated rings. The van der Waals surface area contributed by atoms with Crippen molar-refractivity contribution in [3.63, 3.8) is 0 Å². The molecule has 33 heavy (non-hydrogen) atoms. The Morgan fingerprint density at radius 2 is 1.67 bits per heavy atom. The van der Waals surface area contributed by atoms with E-state index >= 15 is 0 Å². The van der Waals surface area contributed by atoms with Crippen molar-refractivity contribution >= 4 is 24.2 Å². The topological polar surface area (TPSA) is 9.23 Å². The fourth-order valence-corrected chi connectivity index (χ4v) is 14.9. The van der Waals surface area contributed by atoms with Gasteiger partial charge in [0.2, 0.25) is 0 Å². The third kappa shape index (κ3) is 4.09. The first-order chi connectivity index (χ1) is 15.6. The van der Waals surface area contributed by atoms with Crippen molar-refractivity contribution in [3.8, 4) is 5.75 Å². The molecule has 0 heterocycles. The molecule has 0 saturated heterocycles. The Balaban J connectivity index is 1.69. The summed E-state index contributed by atoms with van der Waals surface area (Å²) in [5.74, 6) is 4.77. The molecule has 0 radical (unpaired) electrons. The lowest BCUT2D eigenvalue weighted by Gasteiger charge is -2.51. The number of benzene rings is 1. The van der Waals surface area contributed by atoms with Gasteiger partial charge in [0.1, 0.15) is 5.75 Å². The van der Waals surface area contributed by atoms with Crippen LogP contribution < -0.4 is 4.43 Å². The molecule has 3 aliphatic carbocycles. The second kappa shape index (κ2) is 9.64. The molecule has 0 N–H and O–H groups in total. The van der Waals surface area contributed by atoms with Crippen LogP contribution in [0.15, 0.2) is 12.1 Å². The lowest BCUT2D eigenvalue weighted by molar-refractivity contribution is 0.0273. The molecule has 0 aliphatic heterocycles. The highest BCUT2D eigenvalue weighted by molar-refractivity contribution is 9.08. The van der Waals surface area contributed by atoms with E-state index in [9.17, 15) is 0 Å². The first-order valence-electron chi connectivity index (χ1n) is 14.0. The monoisotopic (exact) mass is 532 g/mol.